The van der Waals surface area contributed by atoms with E-state index >= 15 is 0 Å². The fourth-order valence-electron chi connectivity index (χ4n) is 3.29. The first-order valence-corrected chi connectivity index (χ1v) is 10.4. The van der Waals surface area contributed by atoms with Gasteiger partial charge in [0.1, 0.15) is 11.5 Å². The second kappa shape index (κ2) is 8.20. The third-order valence-electron chi connectivity index (χ3n) is 4.84. The molecule has 8 heteroatoms. The Hall–Kier alpha value is -2.58. The minimum absolute atomic E-state index is 0.0657. The lowest BCUT2D eigenvalue weighted by molar-refractivity contribution is -0.117. The Morgan fingerprint density at radius 1 is 1.04 bits per heavy atom. The van der Waals surface area contributed by atoms with Crippen molar-refractivity contribution in [1.82, 2.24) is 4.31 Å². The van der Waals surface area contributed by atoms with Crippen LogP contribution in [0.2, 0.25) is 0 Å². The van der Waals surface area contributed by atoms with Gasteiger partial charge in [-0.1, -0.05) is 6.07 Å². The maximum Gasteiger partial charge on any atom is 0.243 e. The first-order chi connectivity index (χ1) is 13.4. The van der Waals surface area contributed by atoms with Gasteiger partial charge in [0, 0.05) is 32.2 Å². The Balaban J connectivity index is 1.84. The van der Waals surface area contributed by atoms with Crippen molar-refractivity contribution in [3.05, 3.63) is 48.0 Å². The van der Waals surface area contributed by atoms with E-state index in [0.717, 1.165) is 12.1 Å². The molecule has 1 fully saturated rings. The highest BCUT2D eigenvalue weighted by Gasteiger charge is 2.25. The molecule has 1 saturated heterocycles. The summed E-state index contributed by atoms with van der Waals surface area (Å²) in [4.78, 5) is 13.7. The molecule has 1 heterocycles. The van der Waals surface area contributed by atoms with E-state index in [1.54, 1.807) is 35.2 Å². The summed E-state index contributed by atoms with van der Waals surface area (Å²) in [5.74, 6) is 1.18. The molecule has 2 aromatic rings. The van der Waals surface area contributed by atoms with Gasteiger partial charge in [-0.2, -0.15) is 4.31 Å². The van der Waals surface area contributed by atoms with Crippen LogP contribution < -0.4 is 14.4 Å². The highest BCUT2D eigenvalue weighted by atomic mass is 32.2. The summed E-state index contributed by atoms with van der Waals surface area (Å²) >= 11 is 0. The molecular formula is C20H24N2O5S. The van der Waals surface area contributed by atoms with E-state index < -0.39 is 10.0 Å². The van der Waals surface area contributed by atoms with Gasteiger partial charge in [-0.25, -0.2) is 8.42 Å². The normalized spacial score (nSPS) is 14.6. The van der Waals surface area contributed by atoms with Crippen molar-refractivity contribution < 1.29 is 22.7 Å². The van der Waals surface area contributed by atoms with Gasteiger partial charge in [0.05, 0.1) is 24.7 Å². The van der Waals surface area contributed by atoms with Crippen LogP contribution in [-0.4, -0.2) is 46.4 Å². The maximum atomic E-state index is 13.0. The van der Waals surface area contributed by atoms with E-state index in [2.05, 4.69) is 0 Å². The smallest absolute Gasteiger partial charge is 0.243 e. The summed E-state index contributed by atoms with van der Waals surface area (Å²) in [5, 5.41) is 0. The predicted molar refractivity (Wildman–Crippen MR) is 106 cm³/mol. The highest BCUT2D eigenvalue weighted by molar-refractivity contribution is 7.89. The van der Waals surface area contributed by atoms with Gasteiger partial charge >= 0.3 is 0 Å². The average Bonchev–Trinajstić information content (AvgIpc) is 3.14. The average molecular weight is 404 g/mol. The zero-order valence-corrected chi connectivity index (χ0v) is 17.0. The van der Waals surface area contributed by atoms with Crippen molar-refractivity contribution in [2.75, 3.05) is 32.7 Å². The van der Waals surface area contributed by atoms with E-state index in [4.69, 9.17) is 9.47 Å². The van der Waals surface area contributed by atoms with Crippen LogP contribution in [0.4, 0.5) is 5.69 Å². The fourth-order valence-corrected chi connectivity index (χ4v) is 4.43. The number of ether oxygens (including phenoxy) is 2. The lowest BCUT2D eigenvalue weighted by atomic mass is 10.1. The molecule has 1 aliphatic rings. The van der Waals surface area contributed by atoms with E-state index in [0.29, 0.717) is 30.0 Å². The first kappa shape index (κ1) is 20.2. The van der Waals surface area contributed by atoms with Crippen molar-refractivity contribution >= 4 is 21.6 Å². The third-order valence-corrected chi connectivity index (χ3v) is 6.66. The highest BCUT2D eigenvalue weighted by Crippen LogP contribution is 2.31. The molecule has 0 N–H and O–H groups in total. The molecule has 28 heavy (non-hydrogen) atoms. The van der Waals surface area contributed by atoms with Gasteiger partial charge in [-0.3, -0.25) is 4.79 Å². The number of methoxy groups -OCH3 is 2. The second-order valence-corrected chi connectivity index (χ2v) is 8.59. The van der Waals surface area contributed by atoms with Crippen LogP contribution in [-0.2, 0) is 21.4 Å². The van der Waals surface area contributed by atoms with Gasteiger partial charge in [0.2, 0.25) is 15.9 Å². The maximum absolute atomic E-state index is 13.0. The summed E-state index contributed by atoms with van der Waals surface area (Å²) in [5.41, 5.74) is 1.37. The van der Waals surface area contributed by atoms with E-state index in [1.165, 1.54) is 37.7 Å². The van der Waals surface area contributed by atoms with Crippen LogP contribution in [0.15, 0.2) is 47.4 Å². The van der Waals surface area contributed by atoms with E-state index in [9.17, 15) is 13.2 Å². The van der Waals surface area contributed by atoms with Crippen LogP contribution in [0.5, 0.6) is 11.5 Å². The van der Waals surface area contributed by atoms with Gasteiger partial charge < -0.3 is 14.4 Å². The number of rotatable bonds is 7. The molecule has 0 unspecified atom stereocenters. The van der Waals surface area contributed by atoms with Gasteiger partial charge in [-0.15, -0.1) is 0 Å². The van der Waals surface area contributed by atoms with Gasteiger partial charge in [-0.05, 0) is 42.8 Å². The monoisotopic (exact) mass is 404 g/mol. The SMILES string of the molecule is COc1cccc(OC)c1CN(C)S(=O)(=O)c1ccc(N2CCCC2=O)cc1. The zero-order valence-electron chi connectivity index (χ0n) is 16.2. The van der Waals surface area contributed by atoms with Crippen LogP contribution in [0.3, 0.4) is 0 Å². The molecule has 0 spiro atoms. The molecule has 0 aliphatic carbocycles. The molecule has 150 valence electrons. The van der Waals surface area contributed by atoms with Crippen molar-refractivity contribution in [3.63, 3.8) is 0 Å². The Bertz CT molecular complexity index is 935. The summed E-state index contributed by atoms with van der Waals surface area (Å²) in [6.45, 7) is 0.764. The quantitative estimate of drug-likeness (QED) is 0.709. The van der Waals surface area contributed by atoms with Crippen molar-refractivity contribution in [1.29, 1.82) is 0 Å². The third kappa shape index (κ3) is 3.83. The second-order valence-electron chi connectivity index (χ2n) is 6.54. The Kier molecular flexibility index (Phi) is 5.90. The Labute approximate surface area is 165 Å². The summed E-state index contributed by atoms with van der Waals surface area (Å²) < 4.78 is 37.9. The zero-order chi connectivity index (χ0) is 20.3. The predicted octanol–water partition coefficient (Wildman–Crippen LogP) is 2.65. The van der Waals surface area contributed by atoms with Crippen molar-refractivity contribution in [2.24, 2.45) is 0 Å². The molecular weight excluding hydrogens is 380 g/mol. The molecule has 0 aromatic heterocycles. The number of sulfonamides is 1. The minimum atomic E-state index is -3.72. The molecule has 0 bridgehead atoms. The number of nitrogens with zero attached hydrogens (tertiary/aromatic N) is 2. The Morgan fingerprint density at radius 2 is 1.64 bits per heavy atom. The fraction of sp³-hybridized carbons (Fsp3) is 0.350. The van der Waals surface area contributed by atoms with Crippen molar-refractivity contribution in [3.8, 4) is 11.5 Å². The number of carbonyl (C=O) groups is 1. The van der Waals surface area contributed by atoms with Crippen LogP contribution in [0, 0.1) is 0 Å². The van der Waals surface area contributed by atoms with E-state index in [1.807, 2.05) is 0 Å². The summed E-state index contributed by atoms with van der Waals surface area (Å²) in [6.07, 6.45) is 1.35. The number of amides is 1. The van der Waals surface area contributed by atoms with E-state index in [-0.39, 0.29) is 17.3 Å². The molecule has 1 amide bonds. The topological polar surface area (TPSA) is 76.2 Å². The van der Waals surface area contributed by atoms with Crippen LogP contribution in [0.1, 0.15) is 18.4 Å². The lowest BCUT2D eigenvalue weighted by Crippen LogP contribution is -2.27. The minimum Gasteiger partial charge on any atom is -0.496 e. The Morgan fingerprint density at radius 3 is 2.14 bits per heavy atom. The molecule has 7 nitrogen and oxygen atoms in total. The van der Waals surface area contributed by atoms with Gasteiger partial charge in [0.25, 0.3) is 0 Å². The van der Waals surface area contributed by atoms with Crippen LogP contribution >= 0.6 is 0 Å². The molecule has 0 saturated carbocycles. The number of hydrogen-bond donors (Lipinski definition) is 0. The first-order valence-electron chi connectivity index (χ1n) is 8.95. The van der Waals surface area contributed by atoms with Crippen LogP contribution in [0.25, 0.3) is 0 Å². The summed E-state index contributed by atoms with van der Waals surface area (Å²) in [6, 6.07) is 11.7. The standard InChI is InChI=1S/C20H24N2O5S/c1-21(14-17-18(26-2)6-4-7-19(17)27-3)28(24,25)16-11-9-15(10-12-16)22-13-5-8-20(22)23/h4,6-7,9-12H,5,8,13-14H2,1-3H3. The number of carbonyl (C=O) groups excluding carboxylic acids is 1. The number of anilines is 1. The number of hydrogen-bond acceptors (Lipinski definition) is 5. The molecule has 1 aliphatic heterocycles. The molecule has 0 radical (unpaired) electrons. The molecule has 3 rings (SSSR count). The molecule has 0 atom stereocenters. The molecule has 2 aromatic carbocycles. The largest absolute Gasteiger partial charge is 0.496 e. The van der Waals surface area contributed by atoms with Crippen molar-refractivity contribution in [2.45, 2.75) is 24.3 Å². The number of benzene rings is 2. The summed E-state index contributed by atoms with van der Waals surface area (Å²) in [7, 11) is 0.857. The lowest BCUT2D eigenvalue weighted by Gasteiger charge is -2.21. The van der Waals surface area contributed by atoms with Gasteiger partial charge in [0.15, 0.2) is 0 Å².